The summed E-state index contributed by atoms with van der Waals surface area (Å²) in [6.45, 7) is 0.508. The zero-order valence-electron chi connectivity index (χ0n) is 14.4. The molecule has 1 fully saturated rings. The van der Waals surface area contributed by atoms with E-state index in [0.717, 1.165) is 18.4 Å². The molecule has 0 bridgehead atoms. The van der Waals surface area contributed by atoms with E-state index in [4.69, 9.17) is 5.11 Å². The highest BCUT2D eigenvalue weighted by molar-refractivity contribution is 5.87. The molecule has 4 nitrogen and oxygen atoms in total. The Balaban J connectivity index is 1.46. The number of aromatic carboxylic acids is 1. The van der Waals surface area contributed by atoms with Crippen LogP contribution in [0.15, 0.2) is 54.6 Å². The van der Waals surface area contributed by atoms with E-state index in [-0.39, 0.29) is 11.5 Å². The third-order valence-corrected chi connectivity index (χ3v) is 5.02. The summed E-state index contributed by atoms with van der Waals surface area (Å²) in [6.07, 6.45) is 2.75. The molecule has 0 spiro atoms. The number of benzene rings is 2. The van der Waals surface area contributed by atoms with Crippen molar-refractivity contribution >= 4 is 11.9 Å². The molecule has 0 atom stereocenters. The highest BCUT2D eigenvalue weighted by Crippen LogP contribution is 2.43. The molecule has 130 valence electrons. The summed E-state index contributed by atoms with van der Waals surface area (Å²) in [7, 11) is 1.81. The Morgan fingerprint density at radius 1 is 1.04 bits per heavy atom. The van der Waals surface area contributed by atoms with Crippen molar-refractivity contribution in [2.75, 3.05) is 7.05 Å². The number of carbonyl (C=O) groups excluding carboxylic acids is 1. The Morgan fingerprint density at radius 2 is 1.68 bits per heavy atom. The van der Waals surface area contributed by atoms with Crippen molar-refractivity contribution in [3.8, 4) is 0 Å². The van der Waals surface area contributed by atoms with Gasteiger partial charge in [0.15, 0.2) is 0 Å². The minimum Gasteiger partial charge on any atom is -0.478 e. The molecule has 0 saturated heterocycles. The zero-order valence-corrected chi connectivity index (χ0v) is 14.4. The number of rotatable bonds is 6. The molecule has 1 aliphatic carbocycles. The molecule has 0 aromatic heterocycles. The summed E-state index contributed by atoms with van der Waals surface area (Å²) in [5.74, 6) is 0.273. The lowest BCUT2D eigenvalue weighted by atomic mass is 9.70. The van der Waals surface area contributed by atoms with E-state index in [2.05, 4.69) is 24.3 Å². The van der Waals surface area contributed by atoms with Crippen LogP contribution in [0.2, 0.25) is 0 Å². The minimum atomic E-state index is -0.936. The summed E-state index contributed by atoms with van der Waals surface area (Å²) in [4.78, 5) is 25.0. The maximum Gasteiger partial charge on any atom is 0.335 e. The van der Waals surface area contributed by atoms with E-state index in [0.29, 0.717) is 24.8 Å². The first-order valence-corrected chi connectivity index (χ1v) is 8.64. The second kappa shape index (κ2) is 7.51. The van der Waals surface area contributed by atoms with Crippen molar-refractivity contribution in [2.24, 2.45) is 5.92 Å². The third-order valence-electron chi connectivity index (χ3n) is 5.02. The van der Waals surface area contributed by atoms with E-state index in [1.54, 1.807) is 36.2 Å². The van der Waals surface area contributed by atoms with Crippen molar-refractivity contribution in [3.05, 3.63) is 71.3 Å². The van der Waals surface area contributed by atoms with Crippen LogP contribution in [0.5, 0.6) is 0 Å². The molecule has 0 unspecified atom stereocenters. The zero-order chi connectivity index (χ0) is 17.8. The van der Waals surface area contributed by atoms with E-state index >= 15 is 0 Å². The first-order valence-electron chi connectivity index (χ1n) is 8.64. The van der Waals surface area contributed by atoms with Crippen LogP contribution in [-0.4, -0.2) is 28.9 Å². The van der Waals surface area contributed by atoms with Crippen molar-refractivity contribution in [3.63, 3.8) is 0 Å². The molecule has 1 amide bonds. The monoisotopic (exact) mass is 337 g/mol. The molecule has 3 rings (SSSR count). The van der Waals surface area contributed by atoms with Crippen molar-refractivity contribution < 1.29 is 14.7 Å². The Morgan fingerprint density at radius 3 is 2.28 bits per heavy atom. The topological polar surface area (TPSA) is 57.6 Å². The fourth-order valence-corrected chi connectivity index (χ4v) is 3.42. The first kappa shape index (κ1) is 17.2. The highest BCUT2D eigenvalue weighted by atomic mass is 16.4. The molecule has 1 aliphatic rings. The van der Waals surface area contributed by atoms with Gasteiger partial charge in [-0.2, -0.15) is 0 Å². The third kappa shape index (κ3) is 4.27. The predicted molar refractivity (Wildman–Crippen MR) is 96.4 cm³/mol. The van der Waals surface area contributed by atoms with Crippen LogP contribution in [0.4, 0.5) is 0 Å². The van der Waals surface area contributed by atoms with Crippen LogP contribution in [0.3, 0.4) is 0 Å². The quantitative estimate of drug-likeness (QED) is 0.869. The van der Waals surface area contributed by atoms with Gasteiger partial charge in [0.1, 0.15) is 0 Å². The smallest absolute Gasteiger partial charge is 0.335 e. The van der Waals surface area contributed by atoms with Crippen molar-refractivity contribution in [1.82, 2.24) is 4.90 Å². The second-order valence-electron chi connectivity index (χ2n) is 6.90. The van der Waals surface area contributed by atoms with Gasteiger partial charge in [0.25, 0.3) is 0 Å². The summed E-state index contributed by atoms with van der Waals surface area (Å²) < 4.78 is 0. The van der Waals surface area contributed by atoms with Gasteiger partial charge in [-0.25, -0.2) is 4.79 Å². The van der Waals surface area contributed by atoms with E-state index in [1.807, 2.05) is 6.07 Å². The molecule has 0 heterocycles. The molecule has 0 aliphatic heterocycles. The van der Waals surface area contributed by atoms with Gasteiger partial charge in [-0.1, -0.05) is 42.5 Å². The Kier molecular flexibility index (Phi) is 5.17. The molecule has 2 aromatic carbocycles. The van der Waals surface area contributed by atoms with Crippen LogP contribution in [-0.2, 0) is 11.3 Å². The van der Waals surface area contributed by atoms with E-state index in [1.165, 1.54) is 5.56 Å². The minimum absolute atomic E-state index is 0.152. The fraction of sp³-hybridized carbons (Fsp3) is 0.333. The lowest BCUT2D eigenvalue weighted by molar-refractivity contribution is -0.132. The van der Waals surface area contributed by atoms with Crippen molar-refractivity contribution in [2.45, 2.75) is 31.7 Å². The van der Waals surface area contributed by atoms with Gasteiger partial charge in [0.2, 0.25) is 5.91 Å². The van der Waals surface area contributed by atoms with Gasteiger partial charge < -0.3 is 10.0 Å². The van der Waals surface area contributed by atoms with Gasteiger partial charge >= 0.3 is 5.97 Å². The Labute approximate surface area is 148 Å². The van der Waals surface area contributed by atoms with Crippen LogP contribution >= 0.6 is 0 Å². The SMILES string of the molecule is CN(Cc1ccc(C(=O)O)cc1)C(=O)CC1CC(c2ccccc2)C1. The van der Waals surface area contributed by atoms with E-state index in [9.17, 15) is 9.59 Å². The largest absolute Gasteiger partial charge is 0.478 e. The van der Waals surface area contributed by atoms with Gasteiger partial charge in [-0.3, -0.25) is 4.79 Å². The number of nitrogens with zero attached hydrogens (tertiary/aromatic N) is 1. The number of carbonyl (C=O) groups is 2. The molecular formula is C21H23NO3. The Bertz CT molecular complexity index is 733. The number of carboxylic acids is 1. The van der Waals surface area contributed by atoms with Crippen LogP contribution in [0.25, 0.3) is 0 Å². The number of hydrogen-bond acceptors (Lipinski definition) is 2. The lowest BCUT2D eigenvalue weighted by Crippen LogP contribution is -2.32. The molecule has 1 saturated carbocycles. The van der Waals surface area contributed by atoms with Crippen molar-refractivity contribution in [1.29, 1.82) is 0 Å². The summed E-state index contributed by atoms with van der Waals surface area (Å²) in [5, 5.41) is 8.92. The highest BCUT2D eigenvalue weighted by Gasteiger charge is 2.32. The number of carboxylic acid groups (broad SMARTS) is 1. The van der Waals surface area contributed by atoms with Gasteiger partial charge in [0, 0.05) is 20.0 Å². The Hall–Kier alpha value is -2.62. The molecule has 25 heavy (non-hydrogen) atoms. The lowest BCUT2D eigenvalue weighted by Gasteiger charge is -2.36. The average Bonchev–Trinajstić information content (AvgIpc) is 2.58. The molecule has 4 heteroatoms. The van der Waals surface area contributed by atoms with Gasteiger partial charge in [-0.05, 0) is 47.9 Å². The van der Waals surface area contributed by atoms with Gasteiger partial charge in [0.05, 0.1) is 5.56 Å². The summed E-state index contributed by atoms with van der Waals surface area (Å²) >= 11 is 0. The molecule has 0 radical (unpaired) electrons. The normalized spacial score (nSPS) is 19.1. The second-order valence-corrected chi connectivity index (χ2v) is 6.90. The molecule has 2 aromatic rings. The average molecular weight is 337 g/mol. The van der Waals surface area contributed by atoms with Crippen LogP contribution in [0, 0.1) is 5.92 Å². The van der Waals surface area contributed by atoms with Crippen LogP contribution in [0.1, 0.15) is 46.7 Å². The maximum atomic E-state index is 12.4. The fourth-order valence-electron chi connectivity index (χ4n) is 3.42. The standard InChI is InChI=1S/C21H23NO3/c1-22(14-15-7-9-18(10-8-15)21(24)25)20(23)13-16-11-19(12-16)17-5-3-2-4-6-17/h2-10,16,19H,11-14H2,1H3,(H,24,25). The van der Waals surface area contributed by atoms with Crippen LogP contribution < -0.4 is 0 Å². The maximum absolute atomic E-state index is 12.4. The molecular weight excluding hydrogens is 314 g/mol. The molecule has 1 N–H and O–H groups in total. The van der Waals surface area contributed by atoms with Gasteiger partial charge in [-0.15, -0.1) is 0 Å². The number of amides is 1. The predicted octanol–water partition coefficient (Wildman–Crippen LogP) is 3.93. The summed E-state index contributed by atoms with van der Waals surface area (Å²) in [5.41, 5.74) is 2.58. The summed E-state index contributed by atoms with van der Waals surface area (Å²) in [6, 6.07) is 17.2. The first-order chi connectivity index (χ1) is 12.0. The number of hydrogen-bond donors (Lipinski definition) is 1. The van der Waals surface area contributed by atoms with E-state index < -0.39 is 5.97 Å².